The molecule has 0 aromatic heterocycles. The predicted molar refractivity (Wildman–Crippen MR) is 115 cm³/mol. The normalized spacial score (nSPS) is 23.2. The van der Waals surface area contributed by atoms with Crippen molar-refractivity contribution in [2.24, 2.45) is 11.8 Å². The molecule has 0 aromatic carbocycles. The van der Waals surface area contributed by atoms with Crippen LogP contribution in [0.3, 0.4) is 0 Å². The van der Waals surface area contributed by atoms with Crippen LogP contribution >= 0.6 is 0 Å². The quantitative estimate of drug-likeness (QED) is 0.372. The molecular weight excluding hydrogens is 413 g/mol. The summed E-state index contributed by atoms with van der Waals surface area (Å²) >= 11 is -4.61. The van der Waals surface area contributed by atoms with Gasteiger partial charge in [-0.3, -0.25) is 0 Å². The molecule has 0 radical (unpaired) electrons. The molecule has 0 aromatic rings. The van der Waals surface area contributed by atoms with Crippen molar-refractivity contribution in [2.45, 2.75) is 119 Å². The Morgan fingerprint density at radius 1 is 0.625 bits per heavy atom. The minimum atomic E-state index is -2.49. The third kappa shape index (κ3) is 3.21. The molecule has 1 fully saturated rings. The summed E-state index contributed by atoms with van der Waals surface area (Å²) in [6.07, 6.45) is 1.32. The van der Waals surface area contributed by atoms with E-state index in [1.807, 2.05) is 0 Å². The molecule has 0 atom stereocenters. The van der Waals surface area contributed by atoms with E-state index in [9.17, 15) is 0 Å². The van der Waals surface area contributed by atoms with Crippen LogP contribution in [0.1, 0.15) is 89.5 Å². The van der Waals surface area contributed by atoms with Crippen molar-refractivity contribution >= 4 is 22.9 Å². The second kappa shape index (κ2) is 7.96. The van der Waals surface area contributed by atoms with Crippen LogP contribution in [-0.2, 0) is 3.76 Å². The molecule has 3 heteroatoms. The zero-order chi connectivity index (χ0) is 19.1. The molecule has 1 aliphatic rings. The summed E-state index contributed by atoms with van der Waals surface area (Å²) in [7, 11) is 0. The van der Waals surface area contributed by atoms with E-state index in [0.29, 0.717) is 11.8 Å². The van der Waals surface area contributed by atoms with Gasteiger partial charge in [0.1, 0.15) is 0 Å². The van der Waals surface area contributed by atoms with E-state index in [0.717, 1.165) is 19.0 Å². The Balaban J connectivity index is 3.69. The average molecular weight is 460 g/mol. The Labute approximate surface area is 157 Å². The molecule has 0 N–H and O–H groups in total. The Morgan fingerprint density at radius 3 is 1.25 bits per heavy atom. The van der Waals surface area contributed by atoms with E-state index >= 15 is 0 Å². The fourth-order valence-corrected chi connectivity index (χ4v) is 82.3. The Bertz CT molecular complexity index is 386. The van der Waals surface area contributed by atoms with Gasteiger partial charge in [0.05, 0.1) is 0 Å². The topological polar surface area (TPSA) is 9.23 Å². The van der Waals surface area contributed by atoms with Crippen LogP contribution in [0.2, 0.25) is 24.3 Å². The van der Waals surface area contributed by atoms with Crippen molar-refractivity contribution < 1.29 is 3.76 Å². The zero-order valence-corrected chi connectivity index (χ0v) is 23.0. The van der Waals surface area contributed by atoms with Gasteiger partial charge in [-0.2, -0.15) is 0 Å². The molecule has 0 bridgehead atoms. The van der Waals surface area contributed by atoms with E-state index < -0.39 is 22.9 Å². The van der Waals surface area contributed by atoms with Gasteiger partial charge in [0.25, 0.3) is 0 Å². The summed E-state index contributed by atoms with van der Waals surface area (Å²) in [6, 6.07) is 0. The third-order valence-corrected chi connectivity index (χ3v) is 75.3. The van der Waals surface area contributed by atoms with Crippen molar-refractivity contribution in [2.75, 3.05) is 0 Å². The molecule has 1 rings (SSSR count). The molecule has 144 valence electrons. The number of rotatable bonds is 6. The van der Waals surface area contributed by atoms with Gasteiger partial charge in [0, 0.05) is 0 Å². The van der Waals surface area contributed by atoms with E-state index in [4.69, 9.17) is 3.76 Å². The second-order valence-corrected chi connectivity index (χ2v) is 47.8. The van der Waals surface area contributed by atoms with Crippen molar-refractivity contribution in [1.29, 1.82) is 0 Å². The molecule has 1 aliphatic heterocycles. The van der Waals surface area contributed by atoms with Gasteiger partial charge in [-0.05, 0) is 0 Å². The van der Waals surface area contributed by atoms with Crippen LogP contribution in [0, 0.1) is 11.8 Å². The number of hydrogen-bond donors (Lipinski definition) is 0. The first-order valence-corrected chi connectivity index (χ1v) is 24.2. The molecular formula is C21H46Ge2O. The Kier molecular flexibility index (Phi) is 7.66. The van der Waals surface area contributed by atoms with E-state index in [2.05, 4.69) is 83.1 Å². The first-order valence-electron chi connectivity index (χ1n) is 10.5. The maximum absolute atomic E-state index is 7.72. The Hall–Kier alpha value is 1.05. The van der Waals surface area contributed by atoms with Crippen molar-refractivity contribution in [3.63, 3.8) is 0 Å². The van der Waals surface area contributed by atoms with Crippen LogP contribution in [0.5, 0.6) is 0 Å². The molecule has 0 unspecified atom stereocenters. The molecule has 1 heterocycles. The number of hydrogen-bond acceptors (Lipinski definition) is 1. The van der Waals surface area contributed by atoms with E-state index in [-0.39, 0.29) is 5.60 Å². The SMILES string of the molecule is CC(C)C1(C(C)C)C[CH2][Ge]([CH](C)C)([CH](C)C)[Ge]([CH](C)C)([CH](C)C)[O]1. The summed E-state index contributed by atoms with van der Waals surface area (Å²) in [4.78, 5) is 0. The monoisotopic (exact) mass is 462 g/mol. The molecule has 0 amide bonds. The first-order chi connectivity index (χ1) is 10.8. The first kappa shape index (κ1) is 23.1. The maximum atomic E-state index is 7.72. The summed E-state index contributed by atoms with van der Waals surface area (Å²) in [5.41, 5.74) is 0.132. The molecule has 1 nitrogen and oxygen atoms in total. The fourth-order valence-electron chi connectivity index (χ4n) is 6.66. The fraction of sp³-hybridized carbons (Fsp3) is 1.00. The van der Waals surface area contributed by atoms with Gasteiger partial charge in [-0.1, -0.05) is 0 Å². The zero-order valence-electron chi connectivity index (χ0n) is 18.8. The predicted octanol–water partition coefficient (Wildman–Crippen LogP) is 7.57. The molecule has 0 saturated carbocycles. The summed E-state index contributed by atoms with van der Waals surface area (Å²) in [5, 5.41) is 1.56. The summed E-state index contributed by atoms with van der Waals surface area (Å²) in [6.45, 7) is 30.0. The van der Waals surface area contributed by atoms with Gasteiger partial charge in [-0.25, -0.2) is 0 Å². The third-order valence-electron chi connectivity index (χ3n) is 7.75. The minimum absolute atomic E-state index is 0.132. The van der Waals surface area contributed by atoms with Crippen LogP contribution in [0.25, 0.3) is 0 Å². The summed E-state index contributed by atoms with van der Waals surface area (Å²) < 4.78 is 11.1. The van der Waals surface area contributed by atoms with E-state index in [1.54, 1.807) is 5.25 Å². The van der Waals surface area contributed by atoms with Crippen molar-refractivity contribution in [1.82, 2.24) is 0 Å². The van der Waals surface area contributed by atoms with Crippen molar-refractivity contribution in [3.8, 4) is 0 Å². The van der Waals surface area contributed by atoms with Gasteiger partial charge < -0.3 is 0 Å². The standard InChI is InChI=1S/C21H46Ge2O/c1-15(2)21(16(3)4)13-14-22(17(5)6,18(7)8)23(24-21,19(9)10)20(11)12/h15-20H,13-14H2,1-12H3. The van der Waals surface area contributed by atoms with Gasteiger partial charge >= 0.3 is 158 Å². The van der Waals surface area contributed by atoms with Crippen LogP contribution < -0.4 is 0 Å². The van der Waals surface area contributed by atoms with Crippen LogP contribution in [0.4, 0.5) is 0 Å². The Morgan fingerprint density at radius 2 is 1.00 bits per heavy atom. The second-order valence-electron chi connectivity index (χ2n) is 10.3. The summed E-state index contributed by atoms with van der Waals surface area (Å²) in [5.74, 6) is 1.25. The molecule has 1 saturated heterocycles. The molecule has 24 heavy (non-hydrogen) atoms. The average Bonchev–Trinajstić information content (AvgIpc) is 2.44. The van der Waals surface area contributed by atoms with Crippen molar-refractivity contribution in [3.05, 3.63) is 0 Å². The van der Waals surface area contributed by atoms with Gasteiger partial charge in [0.15, 0.2) is 0 Å². The van der Waals surface area contributed by atoms with Gasteiger partial charge in [0.2, 0.25) is 0 Å². The van der Waals surface area contributed by atoms with E-state index in [1.165, 1.54) is 6.42 Å². The van der Waals surface area contributed by atoms with Crippen LogP contribution in [-0.4, -0.2) is 28.5 Å². The molecule has 0 aliphatic carbocycles. The van der Waals surface area contributed by atoms with Crippen LogP contribution in [0.15, 0.2) is 0 Å². The van der Waals surface area contributed by atoms with Gasteiger partial charge in [-0.15, -0.1) is 0 Å². The molecule has 0 spiro atoms.